The molecule has 1 aliphatic rings. The second-order valence-electron chi connectivity index (χ2n) is 6.89. The van der Waals surface area contributed by atoms with Crippen molar-refractivity contribution in [1.29, 1.82) is 0 Å². The van der Waals surface area contributed by atoms with Gasteiger partial charge < -0.3 is 18.6 Å². The summed E-state index contributed by atoms with van der Waals surface area (Å²) in [5.41, 5.74) is 0.967. The topological polar surface area (TPSA) is 61.1 Å². The highest BCUT2D eigenvalue weighted by atomic mass is 16.5. The van der Waals surface area contributed by atoms with Crippen LogP contribution in [0.4, 0.5) is 0 Å². The van der Waals surface area contributed by atoms with Crippen LogP contribution in [-0.2, 0) is 0 Å². The molecule has 27 heavy (non-hydrogen) atoms. The summed E-state index contributed by atoms with van der Waals surface area (Å²) in [6.45, 7) is 7.57. The van der Waals surface area contributed by atoms with E-state index in [1.54, 1.807) is 19.4 Å². The predicted octanol–water partition coefficient (Wildman–Crippen LogP) is 4.30. The van der Waals surface area contributed by atoms with Gasteiger partial charge in [0.1, 0.15) is 17.9 Å². The van der Waals surface area contributed by atoms with Crippen LogP contribution in [0.5, 0.6) is 17.2 Å². The smallest absolute Gasteiger partial charge is 0.205 e. The zero-order valence-corrected chi connectivity index (χ0v) is 16.5. The van der Waals surface area contributed by atoms with Crippen molar-refractivity contribution in [2.45, 2.75) is 39.5 Å². The minimum Gasteiger partial charge on any atom is -0.492 e. The van der Waals surface area contributed by atoms with Gasteiger partial charge in [-0.3, -0.25) is 9.69 Å². The van der Waals surface area contributed by atoms with Crippen LogP contribution >= 0.6 is 0 Å². The van der Waals surface area contributed by atoms with Crippen molar-refractivity contribution in [2.24, 2.45) is 0 Å². The van der Waals surface area contributed by atoms with E-state index < -0.39 is 0 Å². The SMILES string of the molecule is CCCOc1c(C(C)=O)c(OCCN2CCCCC2)c(OC)c2occc12. The van der Waals surface area contributed by atoms with Crippen molar-refractivity contribution in [3.8, 4) is 17.2 Å². The van der Waals surface area contributed by atoms with Crippen molar-refractivity contribution in [2.75, 3.05) is 40.0 Å². The van der Waals surface area contributed by atoms with Crippen molar-refractivity contribution < 1.29 is 23.4 Å². The van der Waals surface area contributed by atoms with Gasteiger partial charge in [0.15, 0.2) is 17.1 Å². The van der Waals surface area contributed by atoms with E-state index in [9.17, 15) is 4.79 Å². The molecule has 1 aromatic heterocycles. The number of hydrogen-bond acceptors (Lipinski definition) is 6. The largest absolute Gasteiger partial charge is 0.492 e. The molecule has 148 valence electrons. The molecule has 0 N–H and O–H groups in total. The third-order valence-corrected chi connectivity index (χ3v) is 4.89. The normalized spacial score (nSPS) is 15.1. The Morgan fingerprint density at radius 3 is 2.52 bits per heavy atom. The molecule has 0 bridgehead atoms. The van der Waals surface area contributed by atoms with Crippen LogP contribution in [0.1, 0.15) is 49.9 Å². The fourth-order valence-corrected chi connectivity index (χ4v) is 3.58. The Labute approximate surface area is 160 Å². The number of rotatable bonds is 9. The second kappa shape index (κ2) is 9.13. The number of nitrogens with zero attached hydrogens (tertiary/aromatic N) is 1. The predicted molar refractivity (Wildman–Crippen MR) is 104 cm³/mol. The van der Waals surface area contributed by atoms with Crippen molar-refractivity contribution in [3.63, 3.8) is 0 Å². The summed E-state index contributed by atoms with van der Waals surface area (Å²) in [7, 11) is 1.56. The number of carbonyl (C=O) groups excluding carboxylic acids is 1. The van der Waals surface area contributed by atoms with Gasteiger partial charge in [-0.15, -0.1) is 0 Å². The molecule has 2 heterocycles. The first-order valence-electron chi connectivity index (χ1n) is 9.77. The molecule has 1 saturated heterocycles. The Balaban J connectivity index is 1.94. The molecule has 6 heteroatoms. The third kappa shape index (κ3) is 4.21. The molecule has 0 amide bonds. The second-order valence-corrected chi connectivity index (χ2v) is 6.89. The molecule has 0 aliphatic carbocycles. The monoisotopic (exact) mass is 375 g/mol. The Kier molecular flexibility index (Phi) is 6.61. The standard InChI is InChI=1S/C21H29NO5/c1-4-12-25-18-16-8-13-26-19(16)21(24-3)20(17(18)15(2)23)27-14-11-22-9-6-5-7-10-22/h8,13H,4-7,9-12,14H2,1-3H3. The number of carbonyl (C=O) groups is 1. The van der Waals surface area contributed by atoms with Gasteiger partial charge >= 0.3 is 0 Å². The van der Waals surface area contributed by atoms with Gasteiger partial charge in [-0.25, -0.2) is 0 Å². The lowest BCUT2D eigenvalue weighted by Gasteiger charge is -2.26. The molecule has 3 rings (SSSR count). The number of piperidine rings is 1. The molecule has 6 nitrogen and oxygen atoms in total. The molecule has 1 fully saturated rings. The maximum Gasteiger partial charge on any atom is 0.205 e. The summed E-state index contributed by atoms with van der Waals surface area (Å²) < 4.78 is 23.2. The van der Waals surface area contributed by atoms with E-state index in [0.717, 1.165) is 31.4 Å². The van der Waals surface area contributed by atoms with Gasteiger partial charge in [-0.05, 0) is 45.3 Å². The number of benzene rings is 1. The van der Waals surface area contributed by atoms with Gasteiger partial charge in [-0.1, -0.05) is 13.3 Å². The van der Waals surface area contributed by atoms with Crippen LogP contribution in [-0.4, -0.2) is 50.6 Å². The van der Waals surface area contributed by atoms with Gasteiger partial charge in [0.2, 0.25) is 5.75 Å². The number of fused-ring (bicyclic) bond motifs is 1. The maximum atomic E-state index is 12.5. The Bertz CT molecular complexity index is 776. The molecule has 0 saturated carbocycles. The van der Waals surface area contributed by atoms with Crippen molar-refractivity contribution in [1.82, 2.24) is 4.90 Å². The van der Waals surface area contributed by atoms with E-state index in [2.05, 4.69) is 4.90 Å². The van der Waals surface area contributed by atoms with E-state index in [4.69, 9.17) is 18.6 Å². The minimum absolute atomic E-state index is 0.115. The van der Waals surface area contributed by atoms with Crippen LogP contribution in [0.2, 0.25) is 0 Å². The third-order valence-electron chi connectivity index (χ3n) is 4.89. The fraction of sp³-hybridized carbons (Fsp3) is 0.571. The number of ether oxygens (including phenoxy) is 3. The highest BCUT2D eigenvalue weighted by Gasteiger charge is 2.27. The summed E-state index contributed by atoms with van der Waals surface area (Å²) in [6.07, 6.45) is 6.18. The molecular formula is C21H29NO5. The molecule has 1 aromatic carbocycles. The van der Waals surface area contributed by atoms with Crippen LogP contribution in [0.3, 0.4) is 0 Å². The van der Waals surface area contributed by atoms with Crippen LogP contribution in [0, 0.1) is 0 Å². The van der Waals surface area contributed by atoms with E-state index in [-0.39, 0.29) is 5.78 Å². The number of ketones is 1. The molecule has 0 radical (unpaired) electrons. The maximum absolute atomic E-state index is 12.5. The zero-order chi connectivity index (χ0) is 19.2. The summed E-state index contributed by atoms with van der Waals surface area (Å²) >= 11 is 0. The average molecular weight is 375 g/mol. The first kappa shape index (κ1) is 19.5. The lowest BCUT2D eigenvalue weighted by Crippen LogP contribution is -2.33. The first-order chi connectivity index (χ1) is 13.2. The molecular weight excluding hydrogens is 346 g/mol. The highest BCUT2D eigenvalue weighted by Crippen LogP contribution is 2.46. The Morgan fingerprint density at radius 1 is 1.11 bits per heavy atom. The summed E-state index contributed by atoms with van der Waals surface area (Å²) in [4.78, 5) is 14.9. The molecule has 0 unspecified atom stereocenters. The summed E-state index contributed by atoms with van der Waals surface area (Å²) in [5.74, 6) is 1.26. The zero-order valence-electron chi connectivity index (χ0n) is 16.5. The van der Waals surface area contributed by atoms with Crippen molar-refractivity contribution >= 4 is 16.8 Å². The van der Waals surface area contributed by atoms with E-state index in [1.165, 1.54) is 26.2 Å². The summed E-state index contributed by atoms with van der Waals surface area (Å²) in [5, 5.41) is 0.730. The molecule has 1 aliphatic heterocycles. The highest BCUT2D eigenvalue weighted by molar-refractivity contribution is 6.08. The minimum atomic E-state index is -0.115. The summed E-state index contributed by atoms with van der Waals surface area (Å²) in [6, 6.07) is 1.80. The van der Waals surface area contributed by atoms with Gasteiger partial charge in [0, 0.05) is 6.54 Å². The number of hydrogen-bond donors (Lipinski definition) is 0. The number of furan rings is 1. The average Bonchev–Trinajstić information content (AvgIpc) is 3.16. The fourth-order valence-electron chi connectivity index (χ4n) is 3.58. The lowest BCUT2D eigenvalue weighted by molar-refractivity contribution is 0.100. The molecule has 0 spiro atoms. The first-order valence-corrected chi connectivity index (χ1v) is 9.77. The Hall–Kier alpha value is -2.21. The van der Waals surface area contributed by atoms with E-state index in [0.29, 0.717) is 41.6 Å². The quantitative estimate of drug-likeness (QED) is 0.609. The van der Waals surface area contributed by atoms with Crippen LogP contribution in [0.15, 0.2) is 16.7 Å². The van der Waals surface area contributed by atoms with E-state index >= 15 is 0 Å². The number of likely N-dealkylation sites (tertiary alicyclic amines) is 1. The van der Waals surface area contributed by atoms with Gasteiger partial charge in [0.25, 0.3) is 0 Å². The molecule has 0 atom stereocenters. The van der Waals surface area contributed by atoms with Crippen LogP contribution < -0.4 is 14.2 Å². The van der Waals surface area contributed by atoms with Gasteiger partial charge in [-0.2, -0.15) is 0 Å². The number of Topliss-reactive ketones (excluding diaryl/α,β-unsaturated/α-hetero) is 1. The lowest BCUT2D eigenvalue weighted by atomic mass is 10.0. The van der Waals surface area contributed by atoms with Crippen LogP contribution in [0.25, 0.3) is 11.0 Å². The molecule has 2 aromatic rings. The van der Waals surface area contributed by atoms with Gasteiger partial charge in [0.05, 0.1) is 25.4 Å². The number of methoxy groups -OCH3 is 1. The van der Waals surface area contributed by atoms with E-state index in [1.807, 2.05) is 6.92 Å². The Morgan fingerprint density at radius 2 is 1.85 bits per heavy atom. The van der Waals surface area contributed by atoms with Crippen molar-refractivity contribution in [3.05, 3.63) is 17.9 Å².